The van der Waals surface area contributed by atoms with Gasteiger partial charge in [-0.25, -0.2) is 15.0 Å². The highest BCUT2D eigenvalue weighted by molar-refractivity contribution is 5.72. The molecule has 0 amide bonds. The molecule has 0 aliphatic rings. The fourth-order valence-corrected chi connectivity index (χ4v) is 3.41. The van der Waals surface area contributed by atoms with Gasteiger partial charge in [0, 0.05) is 30.7 Å². The van der Waals surface area contributed by atoms with Gasteiger partial charge in [-0.1, -0.05) is 6.07 Å². The molecule has 0 saturated carbocycles. The molecule has 1 aromatic carbocycles. The minimum atomic E-state index is -0.312. The monoisotopic (exact) mass is 400 g/mol. The number of fused-ring (bicyclic) bond motifs is 1. The SMILES string of the molecule is O=c1c(Cn2ccnc2)nc2cccnc2n1-c1cccc(-n2c(O)ccc2O)c1. The van der Waals surface area contributed by atoms with Crippen molar-refractivity contribution in [3.8, 4) is 23.1 Å². The number of pyridine rings is 1. The highest BCUT2D eigenvalue weighted by Gasteiger charge is 2.15. The summed E-state index contributed by atoms with van der Waals surface area (Å²) in [5.74, 6) is -0.231. The van der Waals surface area contributed by atoms with E-state index in [1.165, 1.54) is 21.3 Å². The average molecular weight is 400 g/mol. The summed E-state index contributed by atoms with van der Waals surface area (Å²) in [4.78, 5) is 26.2. The first-order chi connectivity index (χ1) is 14.6. The van der Waals surface area contributed by atoms with Crippen molar-refractivity contribution in [3.63, 3.8) is 0 Å². The van der Waals surface area contributed by atoms with E-state index in [2.05, 4.69) is 15.0 Å². The summed E-state index contributed by atoms with van der Waals surface area (Å²) >= 11 is 0. The van der Waals surface area contributed by atoms with E-state index in [1.807, 2.05) is 0 Å². The molecule has 0 spiro atoms. The Balaban J connectivity index is 1.74. The molecule has 0 saturated heterocycles. The van der Waals surface area contributed by atoms with Crippen LogP contribution in [0.4, 0.5) is 0 Å². The van der Waals surface area contributed by atoms with E-state index < -0.39 is 0 Å². The van der Waals surface area contributed by atoms with Gasteiger partial charge in [-0.2, -0.15) is 0 Å². The van der Waals surface area contributed by atoms with E-state index in [0.717, 1.165) is 0 Å². The quantitative estimate of drug-likeness (QED) is 0.479. The topological polar surface area (TPSA) is 111 Å². The first-order valence-electron chi connectivity index (χ1n) is 9.15. The lowest BCUT2D eigenvalue weighted by Gasteiger charge is -2.14. The molecule has 9 nitrogen and oxygen atoms in total. The maximum atomic E-state index is 13.4. The molecule has 2 N–H and O–H groups in total. The Kier molecular flexibility index (Phi) is 4.06. The molecule has 4 aromatic heterocycles. The molecule has 4 heterocycles. The van der Waals surface area contributed by atoms with Gasteiger partial charge in [0.05, 0.1) is 24.2 Å². The molecule has 0 aliphatic heterocycles. The second kappa shape index (κ2) is 6.89. The normalized spacial score (nSPS) is 11.2. The van der Waals surface area contributed by atoms with Gasteiger partial charge >= 0.3 is 0 Å². The van der Waals surface area contributed by atoms with E-state index in [1.54, 1.807) is 65.9 Å². The highest BCUT2D eigenvalue weighted by atomic mass is 16.3. The van der Waals surface area contributed by atoms with Crippen molar-refractivity contribution in [2.24, 2.45) is 0 Å². The van der Waals surface area contributed by atoms with Crippen LogP contribution in [0.25, 0.3) is 22.5 Å². The Labute approximate surface area is 169 Å². The molecular formula is C21H16N6O3. The number of imidazole rings is 1. The second-order valence-corrected chi connectivity index (χ2v) is 6.69. The number of hydrogen-bond acceptors (Lipinski definition) is 6. The van der Waals surface area contributed by atoms with Crippen molar-refractivity contribution in [3.05, 3.63) is 89.5 Å². The molecule has 30 heavy (non-hydrogen) atoms. The largest absolute Gasteiger partial charge is 0.494 e. The number of nitrogens with zero attached hydrogens (tertiary/aromatic N) is 6. The van der Waals surface area contributed by atoms with E-state index in [9.17, 15) is 15.0 Å². The Morgan fingerprint density at radius 2 is 1.67 bits per heavy atom. The summed E-state index contributed by atoms with van der Waals surface area (Å²) in [5.41, 5.74) is 2.04. The predicted molar refractivity (Wildman–Crippen MR) is 109 cm³/mol. The van der Waals surface area contributed by atoms with Gasteiger partial charge in [-0.3, -0.25) is 13.9 Å². The Bertz CT molecular complexity index is 1400. The van der Waals surface area contributed by atoms with Gasteiger partial charge in [-0.15, -0.1) is 0 Å². The summed E-state index contributed by atoms with van der Waals surface area (Å²) in [5, 5.41) is 20.1. The summed E-state index contributed by atoms with van der Waals surface area (Å²) in [7, 11) is 0. The third-order valence-electron chi connectivity index (χ3n) is 4.76. The van der Waals surface area contributed by atoms with Crippen molar-refractivity contribution in [1.82, 2.24) is 28.7 Å². The Morgan fingerprint density at radius 1 is 0.900 bits per heavy atom. The van der Waals surface area contributed by atoms with Gasteiger partial charge in [0.25, 0.3) is 5.56 Å². The van der Waals surface area contributed by atoms with Gasteiger partial charge in [0.1, 0.15) is 11.2 Å². The summed E-state index contributed by atoms with van der Waals surface area (Å²) in [6.45, 7) is 0.266. The van der Waals surface area contributed by atoms with Gasteiger partial charge < -0.3 is 14.8 Å². The molecule has 0 fully saturated rings. The zero-order valence-corrected chi connectivity index (χ0v) is 15.6. The predicted octanol–water partition coefficient (Wildman–Crippen LogP) is 2.23. The molecule has 0 unspecified atom stereocenters. The molecule has 5 rings (SSSR count). The molecule has 0 atom stereocenters. The van der Waals surface area contributed by atoms with Crippen molar-refractivity contribution >= 4 is 11.2 Å². The van der Waals surface area contributed by atoms with Crippen LogP contribution in [0.5, 0.6) is 11.8 Å². The molecular weight excluding hydrogens is 384 g/mol. The van der Waals surface area contributed by atoms with E-state index >= 15 is 0 Å². The van der Waals surface area contributed by atoms with Crippen LogP contribution in [0.15, 0.2) is 78.2 Å². The van der Waals surface area contributed by atoms with Crippen molar-refractivity contribution in [1.29, 1.82) is 0 Å². The Hall–Kier alpha value is -4.40. The number of aromatic nitrogens is 6. The fourth-order valence-electron chi connectivity index (χ4n) is 3.41. The van der Waals surface area contributed by atoms with Crippen LogP contribution in [0, 0.1) is 0 Å². The second-order valence-electron chi connectivity index (χ2n) is 6.69. The number of benzene rings is 1. The smallest absolute Gasteiger partial charge is 0.280 e. The van der Waals surface area contributed by atoms with Crippen LogP contribution in [0.1, 0.15) is 5.69 Å². The summed E-state index contributed by atoms with van der Waals surface area (Å²) < 4.78 is 4.52. The van der Waals surface area contributed by atoms with Gasteiger partial charge in [0.15, 0.2) is 17.4 Å². The molecule has 148 valence electrons. The van der Waals surface area contributed by atoms with E-state index in [0.29, 0.717) is 28.2 Å². The lowest BCUT2D eigenvalue weighted by Crippen LogP contribution is -2.26. The lowest BCUT2D eigenvalue weighted by atomic mass is 10.2. The van der Waals surface area contributed by atoms with Crippen LogP contribution in [0.3, 0.4) is 0 Å². The molecule has 0 aliphatic carbocycles. The first kappa shape index (κ1) is 17.7. The van der Waals surface area contributed by atoms with Gasteiger partial charge in [0.2, 0.25) is 0 Å². The minimum Gasteiger partial charge on any atom is -0.494 e. The standard InChI is InChI=1S/C21H16N6O3/c28-18-6-7-19(29)26(18)14-3-1-4-15(11-14)27-20-16(5-2-8-23-20)24-17(21(27)30)12-25-10-9-22-13-25/h1-11,13,28-29H,12H2. The van der Waals surface area contributed by atoms with E-state index in [4.69, 9.17) is 0 Å². The number of rotatable bonds is 4. The maximum Gasteiger partial charge on any atom is 0.280 e. The zero-order chi connectivity index (χ0) is 20.7. The van der Waals surface area contributed by atoms with Crippen molar-refractivity contribution in [2.75, 3.05) is 0 Å². The average Bonchev–Trinajstić information content (AvgIpc) is 3.38. The van der Waals surface area contributed by atoms with Crippen LogP contribution < -0.4 is 5.56 Å². The molecule has 0 bridgehead atoms. The zero-order valence-electron chi connectivity index (χ0n) is 15.6. The molecule has 5 aromatic rings. The van der Waals surface area contributed by atoms with Gasteiger partial charge in [-0.05, 0) is 30.3 Å². The van der Waals surface area contributed by atoms with Crippen molar-refractivity contribution < 1.29 is 10.2 Å². The van der Waals surface area contributed by atoms with Crippen LogP contribution in [0.2, 0.25) is 0 Å². The maximum absolute atomic E-state index is 13.4. The third-order valence-corrected chi connectivity index (χ3v) is 4.76. The summed E-state index contributed by atoms with van der Waals surface area (Å²) in [6, 6.07) is 13.2. The van der Waals surface area contributed by atoms with Crippen molar-refractivity contribution in [2.45, 2.75) is 6.54 Å². The third kappa shape index (κ3) is 2.89. The van der Waals surface area contributed by atoms with Crippen LogP contribution >= 0.6 is 0 Å². The molecule has 0 radical (unpaired) electrons. The number of hydrogen-bond donors (Lipinski definition) is 2. The fraction of sp³-hybridized carbons (Fsp3) is 0.0476. The molecule has 9 heteroatoms. The van der Waals surface area contributed by atoms with Crippen LogP contribution in [-0.2, 0) is 6.54 Å². The highest BCUT2D eigenvalue weighted by Crippen LogP contribution is 2.27. The lowest BCUT2D eigenvalue weighted by molar-refractivity contribution is 0.402. The van der Waals surface area contributed by atoms with E-state index in [-0.39, 0.29) is 23.9 Å². The first-order valence-corrected chi connectivity index (χ1v) is 9.15. The Morgan fingerprint density at radius 3 is 2.40 bits per heavy atom. The van der Waals surface area contributed by atoms with Crippen LogP contribution in [-0.4, -0.2) is 38.9 Å². The summed E-state index contributed by atoms with van der Waals surface area (Å²) in [6.07, 6.45) is 6.62. The number of aromatic hydroxyl groups is 2. The minimum absolute atomic E-state index is 0.115.